The topological polar surface area (TPSA) is 95.9 Å². The van der Waals surface area contributed by atoms with Gasteiger partial charge in [0.1, 0.15) is 11.7 Å². The first-order valence-corrected chi connectivity index (χ1v) is 13.2. The Morgan fingerprint density at radius 1 is 1.29 bits per heavy atom. The highest BCUT2D eigenvalue weighted by Crippen LogP contribution is 2.63. The Kier molecular flexibility index (Phi) is 6.86. The quantitative estimate of drug-likeness (QED) is 0.320. The second-order valence-corrected chi connectivity index (χ2v) is 12.2. The molecule has 1 saturated heterocycles. The summed E-state index contributed by atoms with van der Waals surface area (Å²) in [6.07, 6.45) is 6.57. The third-order valence-electron chi connectivity index (χ3n) is 9.92. The van der Waals surface area contributed by atoms with E-state index >= 15 is 0 Å². The molecule has 3 fully saturated rings. The summed E-state index contributed by atoms with van der Waals surface area (Å²) >= 11 is 0. The van der Waals surface area contributed by atoms with Crippen molar-refractivity contribution < 1.29 is 24.5 Å². The van der Waals surface area contributed by atoms with Gasteiger partial charge >= 0.3 is 5.97 Å². The highest BCUT2D eigenvalue weighted by Gasteiger charge is 2.62. The van der Waals surface area contributed by atoms with Gasteiger partial charge < -0.3 is 20.3 Å². The van der Waals surface area contributed by atoms with E-state index in [1.807, 2.05) is 6.92 Å². The first-order valence-electron chi connectivity index (χ1n) is 13.2. The molecule has 3 aliphatic carbocycles. The Labute approximate surface area is 209 Å². The van der Waals surface area contributed by atoms with Crippen LogP contribution in [0, 0.1) is 40.9 Å². The third kappa shape index (κ3) is 4.11. The maximum atomic E-state index is 12.5. The summed E-state index contributed by atoms with van der Waals surface area (Å²) in [7, 11) is 0. The van der Waals surface area contributed by atoms with E-state index < -0.39 is 29.7 Å². The number of allylic oxidation sites excluding steroid dienone is 3. The minimum atomic E-state index is -1.71. The SMILES string of the molecule is C=C1C2CC3C(C(C)C)C(NC(=O)/C=C/C)CC3(C)CC2/C(C)=C\CC2C(C)OC(=O)C(O)C12O. The molecule has 10 atom stereocenters. The molecule has 0 aromatic carbocycles. The number of aliphatic hydroxyl groups is 2. The third-order valence-corrected chi connectivity index (χ3v) is 9.92. The molecular weight excluding hydrogens is 442 g/mol. The summed E-state index contributed by atoms with van der Waals surface area (Å²) in [6.45, 7) is 17.0. The van der Waals surface area contributed by atoms with Crippen molar-refractivity contribution in [2.75, 3.05) is 0 Å². The average Bonchev–Trinajstić information content (AvgIpc) is 3.06. The Morgan fingerprint density at radius 2 is 1.97 bits per heavy atom. The normalized spacial score (nSPS) is 47.2. The minimum absolute atomic E-state index is 0.0397. The Morgan fingerprint density at radius 3 is 2.60 bits per heavy atom. The van der Waals surface area contributed by atoms with Crippen LogP contribution in [0.4, 0.5) is 0 Å². The fourth-order valence-electron chi connectivity index (χ4n) is 8.23. The number of carbonyl (C=O) groups is 2. The van der Waals surface area contributed by atoms with Crippen molar-refractivity contribution in [1.82, 2.24) is 5.32 Å². The molecule has 4 rings (SSSR count). The van der Waals surface area contributed by atoms with Crippen molar-refractivity contribution in [2.45, 2.75) is 91.1 Å². The maximum Gasteiger partial charge on any atom is 0.338 e. The number of nitrogens with one attached hydrogen (secondary N) is 1. The Balaban J connectivity index is 1.73. The van der Waals surface area contributed by atoms with Crippen LogP contribution < -0.4 is 5.32 Å². The van der Waals surface area contributed by atoms with Crippen LogP contribution >= 0.6 is 0 Å². The maximum absolute atomic E-state index is 12.5. The van der Waals surface area contributed by atoms with E-state index in [1.165, 1.54) is 5.57 Å². The first kappa shape index (κ1) is 26.2. The molecule has 4 aliphatic rings. The molecular formula is C29H43NO5. The van der Waals surface area contributed by atoms with Crippen molar-refractivity contribution in [2.24, 2.45) is 40.9 Å². The molecule has 194 valence electrons. The van der Waals surface area contributed by atoms with Gasteiger partial charge in [0.25, 0.3) is 0 Å². The van der Waals surface area contributed by atoms with Crippen LogP contribution in [0.5, 0.6) is 0 Å². The number of hydrogen-bond acceptors (Lipinski definition) is 5. The van der Waals surface area contributed by atoms with Gasteiger partial charge in [0.05, 0.1) is 0 Å². The van der Waals surface area contributed by atoms with Gasteiger partial charge in [-0.3, -0.25) is 4.79 Å². The second kappa shape index (κ2) is 9.19. The van der Waals surface area contributed by atoms with Gasteiger partial charge in [-0.15, -0.1) is 0 Å². The molecule has 3 N–H and O–H groups in total. The lowest BCUT2D eigenvalue weighted by atomic mass is 9.53. The Bertz CT molecular complexity index is 953. The van der Waals surface area contributed by atoms with Gasteiger partial charge in [0.2, 0.25) is 5.91 Å². The van der Waals surface area contributed by atoms with Gasteiger partial charge in [-0.2, -0.15) is 0 Å². The number of aliphatic hydroxyl groups excluding tert-OH is 1. The monoisotopic (exact) mass is 485 g/mol. The molecule has 0 radical (unpaired) electrons. The number of cyclic esters (lactones) is 1. The lowest BCUT2D eigenvalue weighted by Crippen LogP contribution is -2.63. The number of carbonyl (C=O) groups excluding carboxylic acids is 2. The molecule has 1 heterocycles. The van der Waals surface area contributed by atoms with Crippen LogP contribution in [0.1, 0.15) is 67.2 Å². The lowest BCUT2D eigenvalue weighted by Gasteiger charge is -2.54. The zero-order valence-corrected chi connectivity index (χ0v) is 22.1. The molecule has 0 aromatic heterocycles. The fourth-order valence-corrected chi connectivity index (χ4v) is 8.23. The number of esters is 1. The molecule has 35 heavy (non-hydrogen) atoms. The summed E-state index contributed by atoms with van der Waals surface area (Å²) < 4.78 is 5.39. The number of fused-ring (bicyclic) bond motifs is 3. The largest absolute Gasteiger partial charge is 0.460 e. The highest BCUT2D eigenvalue weighted by atomic mass is 16.6. The van der Waals surface area contributed by atoms with Gasteiger partial charge in [0, 0.05) is 12.0 Å². The predicted molar refractivity (Wildman–Crippen MR) is 135 cm³/mol. The van der Waals surface area contributed by atoms with Gasteiger partial charge in [-0.25, -0.2) is 4.79 Å². The molecule has 6 heteroatoms. The van der Waals surface area contributed by atoms with Crippen molar-refractivity contribution in [3.63, 3.8) is 0 Å². The van der Waals surface area contributed by atoms with Gasteiger partial charge in [-0.05, 0) is 93.1 Å². The number of amides is 1. The second-order valence-electron chi connectivity index (χ2n) is 12.2. The molecule has 2 saturated carbocycles. The lowest BCUT2D eigenvalue weighted by molar-refractivity contribution is -0.209. The van der Waals surface area contributed by atoms with Crippen LogP contribution in [0.25, 0.3) is 0 Å². The van der Waals surface area contributed by atoms with E-state index in [1.54, 1.807) is 19.1 Å². The summed E-state index contributed by atoms with van der Waals surface area (Å²) in [4.78, 5) is 25.0. The van der Waals surface area contributed by atoms with E-state index in [0.29, 0.717) is 29.7 Å². The number of hydrogen-bond donors (Lipinski definition) is 3. The van der Waals surface area contributed by atoms with Crippen LogP contribution in [-0.2, 0) is 14.3 Å². The predicted octanol–water partition coefficient (Wildman–Crippen LogP) is 3.93. The van der Waals surface area contributed by atoms with Crippen molar-refractivity contribution in [3.8, 4) is 0 Å². The molecule has 1 amide bonds. The van der Waals surface area contributed by atoms with E-state index in [4.69, 9.17) is 4.74 Å². The van der Waals surface area contributed by atoms with Crippen molar-refractivity contribution in [3.05, 3.63) is 36.0 Å². The number of rotatable bonds is 3. The Hall–Kier alpha value is -1.92. The van der Waals surface area contributed by atoms with Crippen LogP contribution in [0.2, 0.25) is 0 Å². The standard InChI is InChI=1S/C29H43NO5/c1-8-9-24(31)30-23-14-28(7)13-20-16(4)10-11-21-18(6)35-27(33)26(32)29(21,34)17(5)19(20)12-22(28)25(23)15(2)3/h8-10,15,18-23,25-26,32,34H,5,11-14H2,1-4,6-7H3,(H,30,31)/b9-8+,16-10-. The van der Waals surface area contributed by atoms with Gasteiger partial charge in [-0.1, -0.05) is 45.1 Å². The van der Waals surface area contributed by atoms with E-state index in [0.717, 1.165) is 19.3 Å². The van der Waals surface area contributed by atoms with Crippen LogP contribution in [0.3, 0.4) is 0 Å². The molecule has 0 bridgehead atoms. The molecule has 6 nitrogen and oxygen atoms in total. The summed E-state index contributed by atoms with van der Waals surface area (Å²) in [5.41, 5.74) is 0.173. The fraction of sp³-hybridized carbons (Fsp3) is 0.724. The van der Waals surface area contributed by atoms with Crippen LogP contribution in [0.15, 0.2) is 36.0 Å². The van der Waals surface area contributed by atoms with Crippen molar-refractivity contribution in [1.29, 1.82) is 0 Å². The van der Waals surface area contributed by atoms with E-state index in [-0.39, 0.29) is 29.2 Å². The van der Waals surface area contributed by atoms with Crippen LogP contribution in [-0.4, -0.2) is 45.9 Å². The number of ether oxygens (including phenoxy) is 1. The molecule has 10 unspecified atom stereocenters. The summed E-state index contributed by atoms with van der Waals surface area (Å²) in [5, 5.41) is 26.1. The molecule has 0 aromatic rings. The molecule has 0 spiro atoms. The smallest absolute Gasteiger partial charge is 0.338 e. The zero-order chi connectivity index (χ0) is 25.9. The highest BCUT2D eigenvalue weighted by molar-refractivity contribution is 5.87. The first-order chi connectivity index (χ1) is 16.3. The average molecular weight is 486 g/mol. The minimum Gasteiger partial charge on any atom is -0.460 e. The van der Waals surface area contributed by atoms with E-state index in [9.17, 15) is 19.8 Å². The summed E-state index contributed by atoms with van der Waals surface area (Å²) in [5.74, 6) is -0.152. The van der Waals surface area contributed by atoms with E-state index in [2.05, 4.69) is 45.7 Å². The zero-order valence-electron chi connectivity index (χ0n) is 22.1. The molecule has 1 aliphatic heterocycles. The van der Waals surface area contributed by atoms with Gasteiger partial charge in [0.15, 0.2) is 6.10 Å². The van der Waals surface area contributed by atoms with Crippen molar-refractivity contribution >= 4 is 11.9 Å². The summed E-state index contributed by atoms with van der Waals surface area (Å²) in [6, 6.07) is 0.0851.